The molecule has 0 saturated carbocycles. The molecule has 0 fully saturated rings. The molecule has 0 spiro atoms. The Morgan fingerprint density at radius 2 is 0.836 bits per heavy atom. The second-order valence-electron chi connectivity index (χ2n) is 29.2. The van der Waals surface area contributed by atoms with Crippen LogP contribution in [0.1, 0.15) is 140 Å². The number of carbonyl (C=O) groups excluding carboxylic acids is 5. The number of nitriles is 2. The number of hydrogen-bond acceptors (Lipinski definition) is 34. The summed E-state index contributed by atoms with van der Waals surface area (Å²) in [7, 11) is -67.6. The largest absolute Gasteiger partial charge is 0.512 e. The van der Waals surface area contributed by atoms with Gasteiger partial charge in [-0.05, 0) is 117 Å². The number of hydrogen-bond donors (Lipinski definition) is 2. The van der Waals surface area contributed by atoms with Crippen molar-refractivity contribution in [2.75, 3.05) is 32.7 Å². The number of alkyl halides is 26. The molecule has 2 N–H and O–H groups in total. The van der Waals surface area contributed by atoms with E-state index in [0.717, 1.165) is 25.8 Å². The Bertz CT molecular complexity index is 6700. The molecule has 0 saturated heterocycles. The summed E-state index contributed by atoms with van der Waals surface area (Å²) in [6, 6.07) is 12.1. The predicted octanol–water partition coefficient (Wildman–Crippen LogP) is 13.3. The van der Waals surface area contributed by atoms with E-state index in [1.165, 1.54) is 38.1 Å². The summed E-state index contributed by atoms with van der Waals surface area (Å²) in [5.74, 6) is -25.5. The van der Waals surface area contributed by atoms with Crippen LogP contribution in [0.3, 0.4) is 0 Å². The summed E-state index contributed by atoms with van der Waals surface area (Å²) in [5.41, 5.74) is -17.1. The zero-order chi connectivity index (χ0) is 116. The quantitative estimate of drug-likeness (QED) is 0.0101. The Labute approximate surface area is 813 Å². The molecule has 146 heavy (non-hydrogen) atoms. The third kappa shape index (κ3) is 31.2. The van der Waals surface area contributed by atoms with Gasteiger partial charge in [0.1, 0.15) is 43.2 Å². The van der Waals surface area contributed by atoms with Crippen molar-refractivity contribution < 1.29 is 259 Å². The van der Waals surface area contributed by atoms with Gasteiger partial charge in [-0.1, -0.05) is 85.5 Å². The molecule has 3 aromatic rings. The second kappa shape index (κ2) is 49.4. The Kier molecular flexibility index (Phi) is 45.9. The van der Waals surface area contributed by atoms with Gasteiger partial charge >= 0.3 is 137 Å². The Hall–Kier alpha value is -10.4. The van der Waals surface area contributed by atoms with Crippen LogP contribution in [-0.4, -0.2) is 239 Å². The molecule has 9 unspecified atom stereocenters. The van der Waals surface area contributed by atoms with Crippen molar-refractivity contribution in [1.82, 2.24) is 4.13 Å². The number of sulfone groups is 5. The van der Waals surface area contributed by atoms with Gasteiger partial charge in [-0.25, -0.2) is 79.9 Å². The Morgan fingerprint density at radius 3 is 1.13 bits per heavy atom. The fourth-order valence-corrected chi connectivity index (χ4v) is 25.0. The molecule has 0 aliphatic heterocycles. The number of benzene rings is 3. The van der Waals surface area contributed by atoms with E-state index in [0.29, 0.717) is 55.7 Å². The normalized spacial score (nSPS) is 16.1. The highest BCUT2D eigenvalue weighted by Crippen LogP contribution is 2.56. The summed E-state index contributed by atoms with van der Waals surface area (Å²) in [6.45, 7) is 29.1. The first-order valence-electron chi connectivity index (χ1n) is 38.6. The zero-order valence-corrected chi connectivity index (χ0v) is 83.4. The van der Waals surface area contributed by atoms with Crippen LogP contribution in [0.5, 0.6) is 11.5 Å². The average Bonchev–Trinajstić information content (AvgIpc) is 1.25. The Morgan fingerprint density at radius 1 is 0.473 bits per heavy atom. The Balaban J connectivity index is 0.00000192. The number of nitrogens with zero attached hydrogens (tertiary/aromatic N) is 4. The number of allylic oxidation sites excluding steroid dienone is 1. The van der Waals surface area contributed by atoms with Gasteiger partial charge in [-0.2, -0.15) is 150 Å². The van der Waals surface area contributed by atoms with Crippen molar-refractivity contribution in [3.05, 3.63) is 135 Å². The molecule has 74 heteroatoms. The van der Waals surface area contributed by atoms with Crippen LogP contribution in [0, 0.1) is 53.6 Å². The fourth-order valence-electron chi connectivity index (χ4n) is 9.67. The lowest BCUT2D eigenvalue weighted by atomic mass is 9.99. The summed E-state index contributed by atoms with van der Waals surface area (Å²) in [6.07, 6.45) is -13.8. The molecule has 830 valence electrons. The number of sulfonamides is 2. The molecule has 0 bridgehead atoms. The first-order chi connectivity index (χ1) is 65.3. The summed E-state index contributed by atoms with van der Waals surface area (Å²) >= 11 is 0. The highest BCUT2D eigenvalue weighted by Gasteiger charge is 2.86. The first-order valence-corrected chi connectivity index (χ1v) is 54.0. The average molecular weight is 2360 g/mol. The van der Waals surface area contributed by atoms with Gasteiger partial charge in [0, 0.05) is 6.26 Å². The van der Waals surface area contributed by atoms with E-state index in [2.05, 4.69) is 22.8 Å². The number of carbonyl (C=O) groups is 5. The minimum atomic E-state index is -8.47. The van der Waals surface area contributed by atoms with E-state index in [9.17, 15) is 222 Å². The number of ether oxygens (including phenoxy) is 5. The minimum Gasteiger partial charge on any atom is -0.462 e. The lowest BCUT2D eigenvalue weighted by Gasteiger charge is -2.32. The van der Waals surface area contributed by atoms with Gasteiger partial charge < -0.3 is 32.1 Å². The monoisotopic (exact) mass is 2350 g/mol. The van der Waals surface area contributed by atoms with Gasteiger partial charge in [-0.3, -0.25) is 23.8 Å². The van der Waals surface area contributed by atoms with Crippen molar-refractivity contribution >= 4 is 129 Å². The van der Waals surface area contributed by atoms with Crippen molar-refractivity contribution in [3.8, 4) is 23.6 Å². The molecule has 9 atom stereocenters. The van der Waals surface area contributed by atoms with Crippen LogP contribution < -0.4 is 12.5 Å². The van der Waals surface area contributed by atoms with Gasteiger partial charge in [0.2, 0.25) is 15.5 Å². The third-order valence-corrected chi connectivity index (χ3v) is 38.5. The van der Waals surface area contributed by atoms with Crippen LogP contribution in [0.2, 0.25) is 0 Å². The molecule has 4 rings (SSSR count). The number of nitrogens with one attached hydrogen (secondary N) is 1. The maximum atomic E-state index is 14.5. The highest BCUT2D eigenvalue weighted by atomic mass is 32.3. The molecule has 38 nitrogen and oxygen atoms in total. The van der Waals surface area contributed by atoms with Crippen LogP contribution in [-0.2, 0) is 138 Å². The van der Waals surface area contributed by atoms with Crippen LogP contribution in [0.15, 0.2) is 100 Å². The van der Waals surface area contributed by atoms with E-state index in [-0.39, 0.29) is 41.5 Å². The van der Waals surface area contributed by atoms with Crippen molar-refractivity contribution in [2.45, 2.75) is 206 Å². The summed E-state index contributed by atoms with van der Waals surface area (Å²) < 4.78 is 612. The molecule has 1 aliphatic rings. The van der Waals surface area contributed by atoms with Crippen LogP contribution >= 0.6 is 0 Å². The predicted molar refractivity (Wildman–Crippen MR) is 443 cm³/mol. The zero-order valence-electron chi connectivity index (χ0n) is 75.2. The number of halogens is 26. The maximum absolute atomic E-state index is 14.5. The molecule has 0 aromatic heterocycles. The summed E-state index contributed by atoms with van der Waals surface area (Å²) in [4.78, 5) is 63.5. The molecule has 0 heterocycles. The lowest BCUT2D eigenvalue weighted by Crippen LogP contribution is -2.64. The number of rotatable bonds is 41. The van der Waals surface area contributed by atoms with Gasteiger partial charge in [-0.15, -0.1) is 0 Å². The van der Waals surface area contributed by atoms with Gasteiger partial charge in [0.05, 0.1) is 62.8 Å². The highest BCUT2D eigenvalue weighted by molar-refractivity contribution is 8.24. The van der Waals surface area contributed by atoms with Crippen molar-refractivity contribution in [2.24, 2.45) is 17.8 Å². The first kappa shape index (κ1) is 136. The van der Waals surface area contributed by atoms with E-state index in [1.807, 2.05) is 13.8 Å². The third-order valence-electron chi connectivity index (χ3n) is 18.9. The molecular formula is C72H77F26N5O33S10. The molecular weight excluding hydrogens is 2280 g/mol. The smallest absolute Gasteiger partial charge is 0.462 e. The maximum Gasteiger partial charge on any atom is 0.512 e. The topological polar surface area (TPSA) is 580 Å². The van der Waals surface area contributed by atoms with E-state index < -0.39 is 304 Å². The second-order valence-corrected chi connectivity index (χ2v) is 49.1. The van der Waals surface area contributed by atoms with E-state index in [4.69, 9.17) is 47.2 Å². The van der Waals surface area contributed by atoms with Gasteiger partial charge in [0.15, 0.2) is 25.7 Å². The molecule has 0 amide bonds. The molecule has 0 radical (unpaired) electrons. The summed E-state index contributed by atoms with van der Waals surface area (Å²) in [5, 5.41) is -22.5. The molecule has 1 aliphatic carbocycles. The standard InChI is InChI=1S/C20H21F9O13S4.C19H17F3N2O2S.C18H18F9NO11S3.C8H11F5O5S.C7H10N2O2S/c1-4-11(2)14(30)40-9-10-41-15(31)12-5-7-13(8-6-12)42-46(38,39)19(25,26)17(21,22)18(23,24)44(34,35)16(43(3,32)33)45(36,37)20(27,28)29;1-5-11(2)13-6-8-14(9-7-13)27(25,26)18-12(3)17(24-4)15(10-23)16(18)19(20,21)22;1-3-10(2)13(29)37-8-9-38-14(30)11-4-6-12(7-5-11)39-42(35,36)17(23,24)15(19,20)16(21,22)40(31,32)28-41(33,34)18(25,26)27;1-3-4(2)5(14)18-6(7(9,10)11)8(12,13)19(15,16)17;1-4-6(2)12(10,11)7(5-8)9-3/h5-8,11,16H,4,9-10H2,1-3H3;6-9,11,18H,5H2,1-3H3;4-7,10,28H,3,8-9H2,1-2H3;4,6H,3H2,1-2H3,(H,15,16,17);6-7H,4H2,1-2H3. The van der Waals surface area contributed by atoms with Crippen molar-refractivity contribution in [1.29, 1.82) is 10.5 Å². The van der Waals surface area contributed by atoms with Crippen LogP contribution in [0.4, 0.5) is 114 Å². The molecule has 3 aromatic carbocycles. The minimum absolute atomic E-state index is 0.000850. The van der Waals surface area contributed by atoms with Crippen molar-refractivity contribution in [3.63, 3.8) is 0 Å². The van der Waals surface area contributed by atoms with E-state index in [1.54, 1.807) is 46.8 Å². The number of esters is 5. The van der Waals surface area contributed by atoms with Gasteiger partial charge in [0.25, 0.3) is 39.7 Å². The lowest BCUT2D eigenvalue weighted by molar-refractivity contribution is -0.260. The van der Waals surface area contributed by atoms with Crippen LogP contribution in [0.25, 0.3) is 9.69 Å². The fraction of sp³-hybridized carbons (Fsp3) is 0.569. The SMILES string of the molecule is CCC(C)C(=O)OC(C(F)(F)F)C(F)(F)S(=O)(=O)O.CCC(C)C(=O)OCCOC(=O)c1ccc(OS(=O)(=O)C(F)(F)C(F)(F)C(F)(F)S(=O)(=O)C(S(C)(=O)=O)S(=O)(=O)C(F)(F)F)cc1.CCC(C)C(=O)OCCOC(=O)c1ccc(OS(=O)(=O)C(F)(F)C(F)(F)C(F)(F)S(=O)(=O)NS(=O)(=O)C(F)(F)F)cc1.[C-]#[N+]C(C#N)S(=O)(=O)C(C)CC.[C-]#[N+]C1=C(C)C(S(=O)(=O)c2ccc(C(C)CC)cc2)C(C(F)(F)F)=C1C#N. The van der Waals surface area contributed by atoms with E-state index >= 15 is 0 Å².